The van der Waals surface area contributed by atoms with Gasteiger partial charge >= 0.3 is 5.97 Å². The van der Waals surface area contributed by atoms with Gasteiger partial charge in [0, 0.05) is 12.2 Å². The predicted octanol–water partition coefficient (Wildman–Crippen LogP) is 0.393. The fourth-order valence-corrected chi connectivity index (χ4v) is 1.65. The zero-order chi connectivity index (χ0) is 11.5. The van der Waals surface area contributed by atoms with Crippen LogP contribution in [0.5, 0.6) is 0 Å². The minimum absolute atomic E-state index is 0.0196. The number of amides is 1. The zero-order valence-corrected chi connectivity index (χ0v) is 8.64. The minimum atomic E-state index is -0.885. The number of nitrogens with zero attached hydrogens (tertiary/aromatic N) is 1. The van der Waals surface area contributed by atoms with Crippen molar-refractivity contribution in [2.45, 2.75) is 25.3 Å². The second-order valence-corrected chi connectivity index (χ2v) is 4.00. The molecule has 1 amide bonds. The largest absolute Gasteiger partial charge is 0.481 e. The van der Waals surface area contributed by atoms with E-state index in [1.54, 1.807) is 0 Å². The summed E-state index contributed by atoms with van der Waals surface area (Å²) >= 11 is 0. The maximum absolute atomic E-state index is 11.7. The lowest BCUT2D eigenvalue weighted by atomic mass is 10.1. The topological polar surface area (TPSA) is 95.1 Å². The number of aromatic amines is 1. The van der Waals surface area contributed by atoms with Crippen LogP contribution < -0.4 is 5.32 Å². The number of carboxylic acids is 1. The number of carbonyl (C=O) groups is 2. The number of hydrogen-bond acceptors (Lipinski definition) is 3. The summed E-state index contributed by atoms with van der Waals surface area (Å²) in [4.78, 5) is 22.3. The van der Waals surface area contributed by atoms with Crippen LogP contribution in [0.15, 0.2) is 12.4 Å². The van der Waals surface area contributed by atoms with E-state index in [9.17, 15) is 9.59 Å². The molecule has 2 rings (SSSR count). The molecular formula is C10H13N3O3. The van der Waals surface area contributed by atoms with Gasteiger partial charge in [0.1, 0.15) is 0 Å². The van der Waals surface area contributed by atoms with Gasteiger partial charge < -0.3 is 10.4 Å². The molecule has 1 aromatic heterocycles. The lowest BCUT2D eigenvalue weighted by Gasteiger charge is -2.15. The van der Waals surface area contributed by atoms with E-state index in [0.717, 1.165) is 12.8 Å². The Kier molecular flexibility index (Phi) is 2.89. The highest BCUT2D eigenvalue weighted by Gasteiger charge is 2.33. The van der Waals surface area contributed by atoms with Crippen molar-refractivity contribution in [1.82, 2.24) is 15.5 Å². The first-order valence-corrected chi connectivity index (χ1v) is 5.18. The monoisotopic (exact) mass is 223 g/mol. The van der Waals surface area contributed by atoms with E-state index in [2.05, 4.69) is 15.5 Å². The van der Waals surface area contributed by atoms with E-state index in [4.69, 9.17) is 5.11 Å². The molecule has 0 saturated heterocycles. The fraction of sp³-hybridized carbons (Fsp3) is 0.500. The summed E-state index contributed by atoms with van der Waals surface area (Å²) in [5.74, 6) is -0.844. The molecule has 1 atom stereocenters. The smallest absolute Gasteiger partial charge is 0.305 e. The van der Waals surface area contributed by atoms with Crippen molar-refractivity contribution in [2.75, 3.05) is 0 Å². The second-order valence-electron chi connectivity index (χ2n) is 4.00. The molecule has 6 nitrogen and oxygen atoms in total. The molecule has 1 saturated carbocycles. The molecule has 86 valence electrons. The van der Waals surface area contributed by atoms with Crippen LogP contribution in [0.4, 0.5) is 0 Å². The maximum Gasteiger partial charge on any atom is 0.305 e. The molecule has 1 aromatic rings. The van der Waals surface area contributed by atoms with Crippen molar-refractivity contribution in [3.63, 3.8) is 0 Å². The van der Waals surface area contributed by atoms with Crippen LogP contribution in [0.25, 0.3) is 0 Å². The number of rotatable bonds is 5. The first-order chi connectivity index (χ1) is 7.66. The summed E-state index contributed by atoms with van der Waals surface area (Å²) in [5, 5.41) is 17.7. The van der Waals surface area contributed by atoms with E-state index in [-0.39, 0.29) is 18.4 Å². The third-order valence-corrected chi connectivity index (χ3v) is 2.66. The Balaban J connectivity index is 1.95. The van der Waals surface area contributed by atoms with Crippen molar-refractivity contribution in [2.24, 2.45) is 5.92 Å². The zero-order valence-electron chi connectivity index (χ0n) is 8.64. The van der Waals surface area contributed by atoms with Crippen LogP contribution in [0.3, 0.4) is 0 Å². The molecule has 6 heteroatoms. The summed E-state index contributed by atoms with van der Waals surface area (Å²) in [6, 6.07) is -0.264. The Labute approximate surface area is 92.0 Å². The molecule has 1 unspecified atom stereocenters. The summed E-state index contributed by atoms with van der Waals surface area (Å²) < 4.78 is 0. The highest BCUT2D eigenvalue weighted by molar-refractivity contribution is 5.94. The van der Waals surface area contributed by atoms with E-state index in [1.165, 1.54) is 12.4 Å². The molecule has 3 N–H and O–H groups in total. The van der Waals surface area contributed by atoms with Gasteiger partial charge in [-0.2, -0.15) is 5.10 Å². The van der Waals surface area contributed by atoms with Gasteiger partial charge in [-0.15, -0.1) is 0 Å². The molecule has 0 aliphatic heterocycles. The Bertz CT molecular complexity index is 384. The average Bonchev–Trinajstić information content (AvgIpc) is 2.91. The summed E-state index contributed by atoms with van der Waals surface area (Å²) in [6.07, 6.45) is 4.86. The van der Waals surface area contributed by atoms with Crippen molar-refractivity contribution >= 4 is 11.9 Å². The predicted molar refractivity (Wildman–Crippen MR) is 54.8 cm³/mol. The Morgan fingerprint density at radius 2 is 2.38 bits per heavy atom. The molecule has 0 bridgehead atoms. The Morgan fingerprint density at radius 3 is 2.88 bits per heavy atom. The molecule has 1 fully saturated rings. The average molecular weight is 223 g/mol. The van der Waals surface area contributed by atoms with Crippen LogP contribution in [0.2, 0.25) is 0 Å². The maximum atomic E-state index is 11.7. The third kappa shape index (κ3) is 2.59. The summed E-state index contributed by atoms with van der Waals surface area (Å²) in [7, 11) is 0. The molecule has 0 aromatic carbocycles. The highest BCUT2D eigenvalue weighted by atomic mass is 16.4. The third-order valence-electron chi connectivity index (χ3n) is 2.66. The number of nitrogens with one attached hydrogen (secondary N) is 2. The minimum Gasteiger partial charge on any atom is -0.481 e. The number of aliphatic carboxylic acids is 1. The molecule has 16 heavy (non-hydrogen) atoms. The van der Waals surface area contributed by atoms with Gasteiger partial charge in [-0.3, -0.25) is 14.7 Å². The first-order valence-electron chi connectivity index (χ1n) is 5.18. The van der Waals surface area contributed by atoms with Gasteiger partial charge in [-0.1, -0.05) is 0 Å². The lowest BCUT2D eigenvalue weighted by molar-refractivity contribution is -0.137. The van der Waals surface area contributed by atoms with E-state index in [1.807, 2.05) is 0 Å². The van der Waals surface area contributed by atoms with Gasteiger partial charge in [-0.25, -0.2) is 0 Å². The van der Waals surface area contributed by atoms with E-state index < -0.39 is 5.97 Å². The molecule has 0 spiro atoms. The van der Waals surface area contributed by atoms with Gasteiger partial charge in [0.15, 0.2) is 0 Å². The van der Waals surface area contributed by atoms with Crippen LogP contribution in [0.1, 0.15) is 29.6 Å². The highest BCUT2D eigenvalue weighted by Crippen LogP contribution is 2.34. The Hall–Kier alpha value is -1.85. The number of H-pyrrole nitrogens is 1. The van der Waals surface area contributed by atoms with Crippen LogP contribution in [-0.4, -0.2) is 33.2 Å². The van der Waals surface area contributed by atoms with Gasteiger partial charge in [0.25, 0.3) is 5.91 Å². The molecule has 0 radical (unpaired) electrons. The van der Waals surface area contributed by atoms with Crippen LogP contribution in [0, 0.1) is 5.92 Å². The summed E-state index contributed by atoms with van der Waals surface area (Å²) in [6.45, 7) is 0. The summed E-state index contributed by atoms with van der Waals surface area (Å²) in [5.41, 5.74) is 0.427. The molecule has 1 aliphatic rings. The molecular weight excluding hydrogens is 210 g/mol. The molecule has 1 heterocycles. The lowest BCUT2D eigenvalue weighted by Crippen LogP contribution is -2.37. The number of carboxylic acid groups (broad SMARTS) is 1. The van der Waals surface area contributed by atoms with Crippen molar-refractivity contribution in [3.8, 4) is 0 Å². The van der Waals surface area contributed by atoms with Crippen molar-refractivity contribution < 1.29 is 14.7 Å². The first kappa shape index (κ1) is 10.7. The van der Waals surface area contributed by atoms with E-state index in [0.29, 0.717) is 11.5 Å². The SMILES string of the molecule is O=C(O)CC(NC(=O)c1cn[nH]c1)C1CC1. The quantitative estimate of drug-likeness (QED) is 0.673. The van der Waals surface area contributed by atoms with Gasteiger partial charge in [0.05, 0.1) is 18.2 Å². The van der Waals surface area contributed by atoms with Gasteiger partial charge in [0.2, 0.25) is 0 Å². The van der Waals surface area contributed by atoms with Crippen molar-refractivity contribution in [1.29, 1.82) is 0 Å². The van der Waals surface area contributed by atoms with Gasteiger partial charge in [-0.05, 0) is 18.8 Å². The number of hydrogen-bond donors (Lipinski definition) is 3. The second kappa shape index (κ2) is 4.34. The molecule has 1 aliphatic carbocycles. The fourth-order valence-electron chi connectivity index (χ4n) is 1.65. The van der Waals surface area contributed by atoms with E-state index >= 15 is 0 Å². The normalized spacial score (nSPS) is 16.8. The van der Waals surface area contributed by atoms with Crippen LogP contribution in [-0.2, 0) is 4.79 Å². The van der Waals surface area contributed by atoms with Crippen molar-refractivity contribution in [3.05, 3.63) is 18.0 Å². The number of carbonyl (C=O) groups excluding carboxylic acids is 1. The number of aromatic nitrogens is 2. The van der Waals surface area contributed by atoms with Crippen LogP contribution >= 0.6 is 0 Å². The standard InChI is InChI=1S/C10H13N3O3/c14-9(15)3-8(6-1-2-6)13-10(16)7-4-11-12-5-7/h4-6,8H,1-3H2,(H,11,12)(H,13,16)(H,14,15). The Morgan fingerprint density at radius 1 is 1.62 bits per heavy atom.